The third-order valence-electron chi connectivity index (χ3n) is 4.13. The lowest BCUT2D eigenvalue weighted by molar-refractivity contribution is -0.124. The van der Waals surface area contributed by atoms with E-state index in [1.54, 1.807) is 6.21 Å². The Morgan fingerprint density at radius 3 is 2.18 bits per heavy atom. The Kier molecular flexibility index (Phi) is 8.93. The van der Waals surface area contributed by atoms with Gasteiger partial charge in [-0.2, -0.15) is 5.10 Å². The summed E-state index contributed by atoms with van der Waals surface area (Å²) in [5, 5.41) is 6.72. The van der Waals surface area contributed by atoms with Crippen LogP contribution in [0.1, 0.15) is 32.3 Å². The summed E-state index contributed by atoms with van der Waals surface area (Å²) < 4.78 is 1.09. The first-order valence-corrected chi connectivity index (χ1v) is 10.3. The molecule has 0 aliphatic rings. The molecule has 148 valence electrons. The zero-order chi connectivity index (χ0) is 20.4. The molecule has 2 aromatic rings. The lowest BCUT2D eigenvalue weighted by atomic mass is 10.2. The number of anilines is 2. The molecule has 0 heterocycles. The van der Waals surface area contributed by atoms with E-state index in [-0.39, 0.29) is 24.7 Å². The Labute approximate surface area is 179 Å². The van der Waals surface area contributed by atoms with E-state index in [9.17, 15) is 9.59 Å². The highest BCUT2D eigenvalue weighted by atomic mass is 127. The lowest BCUT2D eigenvalue weighted by Crippen LogP contribution is -2.21. The molecule has 2 aromatic carbocycles. The molecule has 28 heavy (non-hydrogen) atoms. The van der Waals surface area contributed by atoms with Crippen LogP contribution in [-0.2, 0) is 9.59 Å². The van der Waals surface area contributed by atoms with Crippen molar-refractivity contribution in [3.8, 4) is 0 Å². The summed E-state index contributed by atoms with van der Waals surface area (Å²) in [4.78, 5) is 26.0. The van der Waals surface area contributed by atoms with Gasteiger partial charge >= 0.3 is 0 Å². The number of halogens is 1. The molecular formula is C21H25IN4O2. The minimum Gasteiger partial charge on any atom is -0.372 e. The second-order valence-corrected chi connectivity index (χ2v) is 7.36. The molecule has 0 saturated heterocycles. The van der Waals surface area contributed by atoms with Gasteiger partial charge < -0.3 is 10.2 Å². The molecule has 6 nitrogen and oxygen atoms in total. The average molecular weight is 492 g/mol. The molecule has 2 N–H and O–H groups in total. The van der Waals surface area contributed by atoms with Crippen LogP contribution in [0.2, 0.25) is 0 Å². The van der Waals surface area contributed by atoms with E-state index in [4.69, 9.17) is 0 Å². The third-order valence-corrected chi connectivity index (χ3v) is 4.85. The molecule has 0 spiro atoms. The fourth-order valence-corrected chi connectivity index (χ4v) is 2.94. The number of carbonyl (C=O) groups excluding carboxylic acids is 2. The Hall–Kier alpha value is -2.42. The van der Waals surface area contributed by atoms with Crippen LogP contribution >= 0.6 is 22.6 Å². The van der Waals surface area contributed by atoms with Gasteiger partial charge in [-0.3, -0.25) is 9.59 Å². The van der Waals surface area contributed by atoms with Gasteiger partial charge in [-0.25, -0.2) is 5.43 Å². The maximum atomic E-state index is 11.9. The van der Waals surface area contributed by atoms with Crippen LogP contribution in [0, 0.1) is 3.57 Å². The number of hydrogen-bond acceptors (Lipinski definition) is 4. The highest BCUT2D eigenvalue weighted by molar-refractivity contribution is 14.1. The molecule has 0 aliphatic carbocycles. The van der Waals surface area contributed by atoms with Crippen LogP contribution in [0.15, 0.2) is 53.6 Å². The van der Waals surface area contributed by atoms with E-state index in [1.165, 1.54) is 0 Å². The number of benzene rings is 2. The number of hydrogen-bond donors (Lipinski definition) is 2. The third kappa shape index (κ3) is 7.30. The fraction of sp³-hybridized carbons (Fsp3) is 0.286. The summed E-state index contributed by atoms with van der Waals surface area (Å²) in [5.74, 6) is -0.499. The maximum Gasteiger partial charge on any atom is 0.240 e. The van der Waals surface area contributed by atoms with Gasteiger partial charge in [0.05, 0.1) is 6.21 Å². The number of nitrogens with zero attached hydrogens (tertiary/aromatic N) is 2. The molecule has 0 aliphatic heterocycles. The zero-order valence-corrected chi connectivity index (χ0v) is 18.3. The van der Waals surface area contributed by atoms with E-state index in [1.807, 2.05) is 48.5 Å². The van der Waals surface area contributed by atoms with Crippen LogP contribution in [0.4, 0.5) is 11.4 Å². The van der Waals surface area contributed by atoms with Crippen molar-refractivity contribution in [2.45, 2.75) is 26.7 Å². The summed E-state index contributed by atoms with van der Waals surface area (Å²) in [7, 11) is 0. The van der Waals surface area contributed by atoms with Crippen molar-refractivity contribution in [3.05, 3.63) is 57.7 Å². The van der Waals surface area contributed by atoms with Gasteiger partial charge in [0, 0.05) is 40.9 Å². The minimum absolute atomic E-state index is 0.0778. The first kappa shape index (κ1) is 21.9. The molecule has 0 saturated carbocycles. The molecule has 2 amide bonds. The Morgan fingerprint density at radius 2 is 1.57 bits per heavy atom. The molecule has 0 fully saturated rings. The molecule has 0 unspecified atom stereocenters. The summed E-state index contributed by atoms with van der Waals surface area (Å²) in [6, 6.07) is 15.5. The van der Waals surface area contributed by atoms with Gasteiger partial charge in [0.2, 0.25) is 11.8 Å². The molecule has 0 aromatic heterocycles. The van der Waals surface area contributed by atoms with Crippen molar-refractivity contribution < 1.29 is 9.59 Å². The first-order valence-electron chi connectivity index (χ1n) is 9.24. The summed E-state index contributed by atoms with van der Waals surface area (Å²) in [6.07, 6.45) is 1.77. The molecule has 0 radical (unpaired) electrons. The first-order chi connectivity index (χ1) is 13.5. The minimum atomic E-state index is -0.297. The van der Waals surface area contributed by atoms with Crippen molar-refractivity contribution in [1.82, 2.24) is 5.43 Å². The van der Waals surface area contributed by atoms with Crippen LogP contribution in [0.25, 0.3) is 0 Å². The monoisotopic (exact) mass is 492 g/mol. The van der Waals surface area contributed by atoms with Crippen LogP contribution in [-0.4, -0.2) is 31.1 Å². The van der Waals surface area contributed by atoms with E-state index < -0.39 is 0 Å². The lowest BCUT2D eigenvalue weighted by Gasteiger charge is -2.20. The SMILES string of the molecule is CCN(CC)c1ccc(/C=N/NC(=O)CCC(=O)Nc2ccc(I)cc2)cc1. The Morgan fingerprint density at radius 1 is 0.964 bits per heavy atom. The average Bonchev–Trinajstić information content (AvgIpc) is 2.70. The van der Waals surface area contributed by atoms with Crippen molar-refractivity contribution in [3.63, 3.8) is 0 Å². The van der Waals surface area contributed by atoms with Gasteiger partial charge in [0.1, 0.15) is 0 Å². The summed E-state index contributed by atoms with van der Waals surface area (Å²) in [5.41, 5.74) is 5.23. The van der Waals surface area contributed by atoms with Crippen molar-refractivity contribution in [2.24, 2.45) is 5.10 Å². The van der Waals surface area contributed by atoms with Gasteiger partial charge in [0.25, 0.3) is 0 Å². The standard InChI is InChI=1S/C21H25IN4O2/c1-3-26(4-2)19-11-5-16(6-12-19)15-23-25-21(28)14-13-20(27)24-18-9-7-17(22)8-10-18/h5-12,15H,3-4,13-14H2,1-2H3,(H,24,27)(H,25,28)/b23-15+. The van der Waals surface area contributed by atoms with E-state index in [0.29, 0.717) is 0 Å². The van der Waals surface area contributed by atoms with Gasteiger partial charge in [-0.15, -0.1) is 0 Å². The van der Waals surface area contributed by atoms with Gasteiger partial charge in [-0.1, -0.05) is 12.1 Å². The van der Waals surface area contributed by atoms with Crippen molar-refractivity contribution >= 4 is 52.0 Å². The second kappa shape index (κ2) is 11.4. The quantitative estimate of drug-likeness (QED) is 0.316. The Balaban J connectivity index is 1.74. The second-order valence-electron chi connectivity index (χ2n) is 6.11. The van der Waals surface area contributed by atoms with Gasteiger partial charge in [-0.05, 0) is 78.4 Å². The number of hydrazone groups is 1. The topological polar surface area (TPSA) is 73.8 Å². The number of amides is 2. The smallest absolute Gasteiger partial charge is 0.240 e. The van der Waals surface area contributed by atoms with E-state index in [2.05, 4.69) is 57.2 Å². The highest BCUT2D eigenvalue weighted by Gasteiger charge is 2.07. The van der Waals surface area contributed by atoms with Gasteiger partial charge in [0.15, 0.2) is 0 Å². The number of carbonyl (C=O) groups is 2. The number of nitrogens with one attached hydrogen (secondary N) is 2. The molecule has 0 bridgehead atoms. The van der Waals surface area contributed by atoms with Crippen LogP contribution in [0.3, 0.4) is 0 Å². The van der Waals surface area contributed by atoms with Crippen LogP contribution in [0.5, 0.6) is 0 Å². The maximum absolute atomic E-state index is 11.9. The predicted molar refractivity (Wildman–Crippen MR) is 123 cm³/mol. The highest BCUT2D eigenvalue weighted by Crippen LogP contribution is 2.14. The fourth-order valence-electron chi connectivity index (χ4n) is 2.58. The normalized spacial score (nSPS) is 10.7. The Bertz CT molecular complexity index is 800. The number of rotatable bonds is 9. The molecular weight excluding hydrogens is 467 g/mol. The largest absolute Gasteiger partial charge is 0.372 e. The van der Waals surface area contributed by atoms with E-state index in [0.717, 1.165) is 33.6 Å². The van der Waals surface area contributed by atoms with Crippen molar-refractivity contribution in [1.29, 1.82) is 0 Å². The molecule has 7 heteroatoms. The van der Waals surface area contributed by atoms with Crippen molar-refractivity contribution in [2.75, 3.05) is 23.3 Å². The summed E-state index contributed by atoms with van der Waals surface area (Å²) >= 11 is 2.20. The van der Waals surface area contributed by atoms with Crippen LogP contribution < -0.4 is 15.6 Å². The summed E-state index contributed by atoms with van der Waals surface area (Å²) in [6.45, 7) is 6.15. The molecule has 0 atom stereocenters. The van der Waals surface area contributed by atoms with E-state index >= 15 is 0 Å². The zero-order valence-electron chi connectivity index (χ0n) is 16.1. The molecule has 2 rings (SSSR count). The predicted octanol–water partition coefficient (Wildman–Crippen LogP) is 4.01.